The summed E-state index contributed by atoms with van der Waals surface area (Å²) in [5, 5.41) is 19.2. The molecule has 230 valence electrons. The number of amides is 2. The van der Waals surface area contributed by atoms with Crippen LogP contribution in [-0.2, 0) is 21.4 Å². The highest BCUT2D eigenvalue weighted by molar-refractivity contribution is 5.97. The van der Waals surface area contributed by atoms with Gasteiger partial charge in [-0.05, 0) is 61.6 Å². The zero-order valence-electron chi connectivity index (χ0n) is 25.3. The van der Waals surface area contributed by atoms with E-state index >= 15 is 0 Å². The van der Waals surface area contributed by atoms with E-state index in [2.05, 4.69) is 47.9 Å². The number of anilines is 1. The molecule has 2 amide bonds. The minimum Gasteiger partial charge on any atom is -0.465 e. The summed E-state index contributed by atoms with van der Waals surface area (Å²) in [6.45, 7) is 10.3. The van der Waals surface area contributed by atoms with Crippen molar-refractivity contribution in [3.63, 3.8) is 0 Å². The SMILES string of the molecule is CC1COCCN1CC1CN(C(=O)O)C(C)CN1CC(=O)N1CC(C)(CCC#N)c2ccc(Cc3ccc(F)cc3)cc21. The third-order valence-electron chi connectivity index (χ3n) is 9.41. The van der Waals surface area contributed by atoms with Gasteiger partial charge in [-0.15, -0.1) is 0 Å². The zero-order valence-corrected chi connectivity index (χ0v) is 25.3. The third-order valence-corrected chi connectivity index (χ3v) is 9.41. The highest BCUT2D eigenvalue weighted by Crippen LogP contribution is 2.44. The first-order valence-corrected chi connectivity index (χ1v) is 15.2. The fraction of sp³-hybridized carbons (Fsp3) is 0.545. The third kappa shape index (κ3) is 6.85. The van der Waals surface area contributed by atoms with Gasteiger partial charge in [-0.1, -0.05) is 31.2 Å². The predicted molar refractivity (Wildman–Crippen MR) is 162 cm³/mol. The van der Waals surface area contributed by atoms with Crippen molar-refractivity contribution in [2.75, 3.05) is 57.4 Å². The molecule has 0 aliphatic carbocycles. The molecule has 9 nitrogen and oxygen atoms in total. The van der Waals surface area contributed by atoms with Crippen LogP contribution >= 0.6 is 0 Å². The molecule has 0 saturated carbocycles. The summed E-state index contributed by atoms with van der Waals surface area (Å²) in [7, 11) is 0. The molecule has 2 fully saturated rings. The summed E-state index contributed by atoms with van der Waals surface area (Å²) in [5.74, 6) is -0.306. The second-order valence-corrected chi connectivity index (χ2v) is 12.6. The first-order valence-electron chi connectivity index (χ1n) is 15.2. The molecule has 2 aromatic carbocycles. The van der Waals surface area contributed by atoms with E-state index in [0.717, 1.165) is 28.9 Å². The van der Waals surface area contributed by atoms with Gasteiger partial charge in [0.25, 0.3) is 0 Å². The topological polar surface area (TPSA) is 100 Å². The zero-order chi connectivity index (χ0) is 30.7. The van der Waals surface area contributed by atoms with Crippen LogP contribution in [0.2, 0.25) is 0 Å². The Bertz CT molecular complexity index is 1360. The van der Waals surface area contributed by atoms with Crippen molar-refractivity contribution in [3.05, 3.63) is 65.0 Å². The molecule has 3 heterocycles. The van der Waals surface area contributed by atoms with E-state index in [1.807, 2.05) is 11.8 Å². The van der Waals surface area contributed by atoms with Crippen LogP contribution in [0.25, 0.3) is 0 Å². The Labute approximate surface area is 253 Å². The maximum absolute atomic E-state index is 14.2. The lowest BCUT2D eigenvalue weighted by atomic mass is 9.80. The lowest BCUT2D eigenvalue weighted by Crippen LogP contribution is -2.64. The van der Waals surface area contributed by atoms with Gasteiger partial charge in [-0.25, -0.2) is 9.18 Å². The van der Waals surface area contributed by atoms with Gasteiger partial charge < -0.3 is 19.6 Å². The number of nitrogens with zero attached hydrogens (tertiary/aromatic N) is 5. The van der Waals surface area contributed by atoms with Gasteiger partial charge in [-0.2, -0.15) is 5.26 Å². The molecule has 0 spiro atoms. The smallest absolute Gasteiger partial charge is 0.407 e. The summed E-state index contributed by atoms with van der Waals surface area (Å²) >= 11 is 0. The van der Waals surface area contributed by atoms with Gasteiger partial charge in [0.15, 0.2) is 0 Å². The molecule has 43 heavy (non-hydrogen) atoms. The monoisotopic (exact) mass is 591 g/mol. The molecular formula is C33H42FN5O4. The van der Waals surface area contributed by atoms with Crippen molar-refractivity contribution in [2.45, 2.75) is 63.6 Å². The number of carbonyl (C=O) groups excluding carboxylic acids is 1. The fourth-order valence-corrected chi connectivity index (χ4v) is 6.85. The predicted octanol–water partition coefficient (Wildman–Crippen LogP) is 4.10. The Kier molecular flexibility index (Phi) is 9.35. The van der Waals surface area contributed by atoms with E-state index in [-0.39, 0.29) is 41.8 Å². The largest absolute Gasteiger partial charge is 0.465 e. The van der Waals surface area contributed by atoms with Crippen LogP contribution in [0.3, 0.4) is 0 Å². The fourth-order valence-electron chi connectivity index (χ4n) is 6.85. The van der Waals surface area contributed by atoms with Crippen molar-refractivity contribution < 1.29 is 23.8 Å². The molecule has 3 aliphatic rings. The summed E-state index contributed by atoms with van der Waals surface area (Å²) in [6, 6.07) is 14.8. The number of ether oxygens (including phenoxy) is 1. The number of hydrogen-bond donors (Lipinski definition) is 1. The molecule has 2 saturated heterocycles. The Morgan fingerprint density at radius 3 is 2.53 bits per heavy atom. The highest BCUT2D eigenvalue weighted by Gasteiger charge is 2.43. The van der Waals surface area contributed by atoms with E-state index in [1.165, 1.54) is 17.0 Å². The van der Waals surface area contributed by atoms with Crippen LogP contribution in [0.5, 0.6) is 0 Å². The average molecular weight is 592 g/mol. The van der Waals surface area contributed by atoms with Crippen LogP contribution < -0.4 is 4.90 Å². The number of nitriles is 1. The van der Waals surface area contributed by atoms with E-state index in [9.17, 15) is 24.3 Å². The lowest BCUT2D eigenvalue weighted by molar-refractivity contribution is -0.121. The second kappa shape index (κ2) is 13.0. The summed E-state index contributed by atoms with van der Waals surface area (Å²) < 4.78 is 19.1. The number of halogens is 1. The van der Waals surface area contributed by atoms with E-state index in [1.54, 1.807) is 12.1 Å². The molecule has 2 aromatic rings. The highest BCUT2D eigenvalue weighted by atomic mass is 19.1. The van der Waals surface area contributed by atoms with Crippen molar-refractivity contribution in [2.24, 2.45) is 0 Å². The second-order valence-electron chi connectivity index (χ2n) is 12.6. The maximum Gasteiger partial charge on any atom is 0.407 e. The Morgan fingerprint density at radius 1 is 1.09 bits per heavy atom. The molecule has 0 bridgehead atoms. The van der Waals surface area contributed by atoms with Crippen LogP contribution in [0.1, 0.15) is 50.3 Å². The normalized spacial score (nSPS) is 26.3. The van der Waals surface area contributed by atoms with Gasteiger partial charge >= 0.3 is 6.09 Å². The van der Waals surface area contributed by atoms with Crippen molar-refractivity contribution in [1.82, 2.24) is 14.7 Å². The van der Waals surface area contributed by atoms with Crippen molar-refractivity contribution in [1.29, 1.82) is 5.26 Å². The van der Waals surface area contributed by atoms with Crippen LogP contribution in [0.4, 0.5) is 14.9 Å². The number of morpholine rings is 1. The number of fused-ring (bicyclic) bond motifs is 1. The molecule has 0 aromatic heterocycles. The van der Waals surface area contributed by atoms with E-state index in [0.29, 0.717) is 58.7 Å². The number of carboxylic acid groups (broad SMARTS) is 1. The number of carbonyl (C=O) groups is 2. The number of rotatable bonds is 8. The Hall–Kier alpha value is -3.52. The molecule has 4 atom stereocenters. The standard InChI is InChI=1S/C33H42FN5O4/c1-23-17-37(28(19-38(23)32(41)42)18-36-13-14-43-21-24(36)2)20-31(40)39-22-33(3,11-4-12-35)29-10-7-26(16-30(29)39)15-25-5-8-27(34)9-6-25/h5-10,16,23-24,28H,4,11,13-15,17-22H2,1-3H3,(H,41,42). The number of benzene rings is 2. The van der Waals surface area contributed by atoms with Gasteiger partial charge in [-0.3, -0.25) is 14.6 Å². The first kappa shape index (κ1) is 30.9. The van der Waals surface area contributed by atoms with Gasteiger partial charge in [0, 0.05) is 68.4 Å². The van der Waals surface area contributed by atoms with Gasteiger partial charge in [0.1, 0.15) is 5.82 Å². The van der Waals surface area contributed by atoms with E-state index < -0.39 is 6.09 Å². The maximum atomic E-state index is 14.2. The van der Waals surface area contributed by atoms with E-state index in [4.69, 9.17) is 4.74 Å². The number of hydrogen-bond acceptors (Lipinski definition) is 6. The molecule has 1 N–H and O–H groups in total. The van der Waals surface area contributed by atoms with Gasteiger partial charge in [0.2, 0.25) is 5.91 Å². The van der Waals surface area contributed by atoms with Crippen molar-refractivity contribution >= 4 is 17.7 Å². The minimum atomic E-state index is -0.936. The van der Waals surface area contributed by atoms with Crippen LogP contribution in [-0.4, -0.2) is 102 Å². The van der Waals surface area contributed by atoms with Crippen LogP contribution in [0.15, 0.2) is 42.5 Å². The molecule has 0 radical (unpaired) electrons. The molecular weight excluding hydrogens is 549 g/mol. The molecule has 5 rings (SSSR count). The Balaban J connectivity index is 1.40. The molecule has 4 unspecified atom stereocenters. The summed E-state index contributed by atoms with van der Waals surface area (Å²) in [5.41, 5.74) is 3.57. The molecule has 3 aliphatic heterocycles. The van der Waals surface area contributed by atoms with Crippen molar-refractivity contribution in [3.8, 4) is 6.07 Å². The first-order chi connectivity index (χ1) is 20.6. The average Bonchev–Trinajstić information content (AvgIpc) is 3.27. The minimum absolute atomic E-state index is 0.0307. The summed E-state index contributed by atoms with van der Waals surface area (Å²) in [6.07, 6.45) is 0.709. The Morgan fingerprint density at radius 2 is 1.84 bits per heavy atom. The molecule has 10 heteroatoms. The van der Waals surface area contributed by atoms with Crippen LogP contribution in [0, 0.1) is 17.1 Å². The quantitative estimate of drug-likeness (QED) is 0.494. The summed E-state index contributed by atoms with van der Waals surface area (Å²) in [4.78, 5) is 34.1. The lowest BCUT2D eigenvalue weighted by Gasteiger charge is -2.47. The number of piperazine rings is 1. The van der Waals surface area contributed by atoms with Gasteiger partial charge in [0.05, 0.1) is 25.8 Å².